The fourth-order valence-electron chi connectivity index (χ4n) is 2.76. The van der Waals surface area contributed by atoms with Crippen LogP contribution in [0.25, 0.3) is 0 Å². The van der Waals surface area contributed by atoms with E-state index in [4.69, 9.17) is 5.11 Å². The van der Waals surface area contributed by atoms with Gasteiger partial charge in [0.1, 0.15) is 0 Å². The summed E-state index contributed by atoms with van der Waals surface area (Å²) in [5.41, 5.74) is 0. The molecule has 0 aromatic rings. The van der Waals surface area contributed by atoms with Crippen molar-refractivity contribution in [3.05, 3.63) is 4.91 Å². The second-order valence-electron chi connectivity index (χ2n) is 6.56. The van der Waals surface area contributed by atoms with Gasteiger partial charge in [0, 0.05) is 18.2 Å². The molecule has 0 aromatic carbocycles. The summed E-state index contributed by atoms with van der Waals surface area (Å²) in [6, 6.07) is 0. The summed E-state index contributed by atoms with van der Waals surface area (Å²) in [4.78, 5) is 20.6. The molecule has 0 aliphatic rings. The molecule has 1 amide bonds. The van der Waals surface area contributed by atoms with Crippen molar-refractivity contribution in [2.75, 3.05) is 6.61 Å². The highest BCUT2D eigenvalue weighted by Crippen LogP contribution is 2.15. The number of nitroso groups, excluding NO2 is 1. The van der Waals surface area contributed by atoms with Gasteiger partial charge in [-0.3, -0.25) is 4.79 Å². The summed E-state index contributed by atoms with van der Waals surface area (Å²) in [5, 5.41) is 30.9. The van der Waals surface area contributed by atoms with Crippen molar-refractivity contribution in [1.29, 1.82) is 0 Å². The minimum atomic E-state index is -0.653. The first kappa shape index (κ1) is 23.1. The molecule has 142 valence electrons. The average Bonchev–Trinajstić information content (AvgIpc) is 2.59. The van der Waals surface area contributed by atoms with E-state index in [2.05, 4.69) is 5.18 Å². The van der Waals surface area contributed by atoms with Crippen LogP contribution < -0.4 is 0 Å². The van der Waals surface area contributed by atoms with E-state index in [-0.39, 0.29) is 13.0 Å². The molecule has 2 atom stereocenters. The van der Waals surface area contributed by atoms with Gasteiger partial charge < -0.3 is 15.3 Å². The number of rotatable bonds is 17. The molecule has 3 N–H and O–H groups in total. The lowest BCUT2D eigenvalue weighted by atomic mass is 9.99. The van der Waals surface area contributed by atoms with Gasteiger partial charge >= 0.3 is 0 Å². The average molecular weight is 345 g/mol. The fourth-order valence-corrected chi connectivity index (χ4v) is 2.76. The number of aliphatic hydroxyl groups excluding tert-OH is 3. The van der Waals surface area contributed by atoms with Gasteiger partial charge in [0.15, 0.2) is 0 Å². The van der Waals surface area contributed by atoms with Gasteiger partial charge in [-0.2, -0.15) is 0 Å². The Bertz CT molecular complexity index is 312. The second-order valence-corrected chi connectivity index (χ2v) is 6.56. The third kappa shape index (κ3) is 14.7. The zero-order valence-electron chi connectivity index (χ0n) is 14.9. The number of carbonyl (C=O) groups excluding carboxylic acids is 1. The molecule has 0 aromatic heterocycles. The van der Waals surface area contributed by atoms with Crippen LogP contribution in [0.4, 0.5) is 0 Å². The van der Waals surface area contributed by atoms with Crippen LogP contribution in [0.5, 0.6) is 0 Å². The Labute approximate surface area is 145 Å². The highest BCUT2D eigenvalue weighted by Gasteiger charge is 2.15. The van der Waals surface area contributed by atoms with Crippen LogP contribution in [0.15, 0.2) is 5.18 Å². The molecule has 6 heteroatoms. The molecule has 0 radical (unpaired) electrons. The highest BCUT2D eigenvalue weighted by atomic mass is 16.3. The van der Waals surface area contributed by atoms with Crippen LogP contribution in [0.2, 0.25) is 0 Å². The molecule has 0 bridgehead atoms. The lowest BCUT2D eigenvalue weighted by Gasteiger charge is -2.17. The number of unbranched alkanes of at least 4 members (excludes halogenated alkanes) is 9. The predicted octanol–water partition coefficient (Wildman–Crippen LogP) is 3.45. The van der Waals surface area contributed by atoms with Gasteiger partial charge in [0.25, 0.3) is 5.91 Å². The largest absolute Gasteiger partial charge is 0.396 e. The Hall–Kier alpha value is -0.850. The standard InChI is InChI=1S/C18H35NO5/c20-15-11-7-2-1-4-8-12-16(21)17(22)13-9-5-3-6-10-14-18(23)19-24/h16-17,20-22H,1-15H2. The number of nitrogens with zero attached hydrogens (tertiary/aromatic N) is 1. The number of hydrogen-bond acceptors (Lipinski definition) is 5. The first-order chi connectivity index (χ1) is 11.6. The monoisotopic (exact) mass is 345 g/mol. The van der Waals surface area contributed by atoms with Gasteiger partial charge in [0.05, 0.1) is 12.2 Å². The maximum atomic E-state index is 10.7. The predicted molar refractivity (Wildman–Crippen MR) is 94.5 cm³/mol. The second kappa shape index (κ2) is 17.0. The molecule has 0 saturated heterocycles. The summed E-state index contributed by atoms with van der Waals surface area (Å²) >= 11 is 0. The molecule has 2 unspecified atom stereocenters. The van der Waals surface area contributed by atoms with Crippen molar-refractivity contribution in [2.45, 2.75) is 102 Å². The number of aliphatic hydroxyl groups is 3. The Balaban J connectivity index is 3.40. The summed E-state index contributed by atoms with van der Waals surface area (Å²) < 4.78 is 0. The topological polar surface area (TPSA) is 107 Å². The van der Waals surface area contributed by atoms with Crippen molar-refractivity contribution in [1.82, 2.24) is 0 Å². The third-order valence-electron chi connectivity index (χ3n) is 4.34. The van der Waals surface area contributed by atoms with Crippen LogP contribution in [0.3, 0.4) is 0 Å². The molecular formula is C18H35NO5. The summed E-state index contributed by atoms with van der Waals surface area (Å²) in [7, 11) is 0. The molecule has 0 rings (SSSR count). The zero-order valence-corrected chi connectivity index (χ0v) is 14.9. The van der Waals surface area contributed by atoms with E-state index in [9.17, 15) is 19.9 Å². The normalized spacial score (nSPS) is 13.6. The van der Waals surface area contributed by atoms with Gasteiger partial charge in [0.2, 0.25) is 0 Å². The van der Waals surface area contributed by atoms with E-state index in [0.29, 0.717) is 19.3 Å². The van der Waals surface area contributed by atoms with Gasteiger partial charge in [-0.25, -0.2) is 0 Å². The van der Waals surface area contributed by atoms with E-state index in [1.165, 1.54) is 0 Å². The van der Waals surface area contributed by atoms with Crippen LogP contribution in [0, 0.1) is 4.91 Å². The van der Waals surface area contributed by atoms with Crippen molar-refractivity contribution in [2.24, 2.45) is 5.18 Å². The number of amides is 1. The van der Waals surface area contributed by atoms with E-state index >= 15 is 0 Å². The van der Waals surface area contributed by atoms with Gasteiger partial charge in [-0.1, -0.05) is 57.8 Å². The third-order valence-corrected chi connectivity index (χ3v) is 4.34. The number of carbonyl (C=O) groups is 1. The Morgan fingerprint density at radius 1 is 0.708 bits per heavy atom. The Kier molecular flexibility index (Phi) is 16.4. The van der Waals surface area contributed by atoms with Crippen molar-refractivity contribution in [3.63, 3.8) is 0 Å². The van der Waals surface area contributed by atoms with Crippen LogP contribution in [-0.2, 0) is 4.79 Å². The molecule has 0 saturated carbocycles. The minimum absolute atomic E-state index is 0.227. The van der Waals surface area contributed by atoms with E-state index in [1.54, 1.807) is 0 Å². The smallest absolute Gasteiger partial charge is 0.286 e. The van der Waals surface area contributed by atoms with E-state index < -0.39 is 18.1 Å². The molecule has 6 nitrogen and oxygen atoms in total. The first-order valence-electron chi connectivity index (χ1n) is 9.45. The molecule has 0 aliphatic heterocycles. The Morgan fingerprint density at radius 3 is 1.58 bits per heavy atom. The highest BCUT2D eigenvalue weighted by molar-refractivity contribution is 5.76. The molecule has 24 heavy (non-hydrogen) atoms. The molecule has 0 spiro atoms. The van der Waals surface area contributed by atoms with Crippen LogP contribution in [0.1, 0.15) is 89.9 Å². The fraction of sp³-hybridized carbons (Fsp3) is 0.944. The van der Waals surface area contributed by atoms with Gasteiger partial charge in [-0.15, -0.1) is 4.91 Å². The van der Waals surface area contributed by atoms with E-state index in [1.807, 2.05) is 0 Å². The van der Waals surface area contributed by atoms with Crippen LogP contribution in [-0.4, -0.2) is 40.0 Å². The zero-order chi connectivity index (χ0) is 18.0. The van der Waals surface area contributed by atoms with Gasteiger partial charge in [-0.05, 0) is 25.7 Å². The lowest BCUT2D eigenvalue weighted by Crippen LogP contribution is -2.25. The minimum Gasteiger partial charge on any atom is -0.396 e. The summed E-state index contributed by atoms with van der Waals surface area (Å²) in [6.45, 7) is 0.263. The Morgan fingerprint density at radius 2 is 1.12 bits per heavy atom. The molecule has 0 fully saturated rings. The summed E-state index contributed by atoms with van der Waals surface area (Å²) in [6.07, 6.45) is 10.7. The van der Waals surface area contributed by atoms with Crippen molar-refractivity contribution < 1.29 is 20.1 Å². The van der Waals surface area contributed by atoms with Crippen LogP contribution >= 0.6 is 0 Å². The summed E-state index contributed by atoms with van der Waals surface area (Å²) in [5.74, 6) is -0.582. The maximum Gasteiger partial charge on any atom is 0.286 e. The lowest BCUT2D eigenvalue weighted by molar-refractivity contribution is -0.118. The maximum absolute atomic E-state index is 10.7. The first-order valence-corrected chi connectivity index (χ1v) is 9.45. The van der Waals surface area contributed by atoms with Crippen molar-refractivity contribution in [3.8, 4) is 0 Å². The molecule has 0 heterocycles. The SMILES string of the molecule is O=NC(=O)CCCCCCCC(O)C(O)CCCCCCCCO. The number of hydrogen-bond donors (Lipinski definition) is 3. The van der Waals surface area contributed by atoms with Crippen molar-refractivity contribution >= 4 is 5.91 Å². The molecule has 0 aliphatic carbocycles. The van der Waals surface area contributed by atoms with E-state index in [0.717, 1.165) is 64.2 Å². The quantitative estimate of drug-likeness (QED) is 0.276. The molecular weight excluding hydrogens is 310 g/mol.